The van der Waals surface area contributed by atoms with Crippen LogP contribution in [0.5, 0.6) is 0 Å². The van der Waals surface area contributed by atoms with Crippen LogP contribution in [0.4, 0.5) is 52.2 Å². The van der Waals surface area contributed by atoms with Gasteiger partial charge in [0.25, 0.3) is 0 Å². The van der Waals surface area contributed by atoms with Crippen molar-refractivity contribution in [2.45, 2.75) is 199 Å². The lowest BCUT2D eigenvalue weighted by atomic mass is 10.0. The smallest absolute Gasteiger partial charge is 0.144 e. The zero-order valence-electron chi connectivity index (χ0n) is 51.7. The molecule has 0 radical (unpaired) electrons. The van der Waals surface area contributed by atoms with Crippen LogP contribution in [0.25, 0.3) is 0 Å². The second-order valence-corrected chi connectivity index (χ2v) is 25.4. The number of hydrogen-bond acceptors (Lipinski definition) is 10. The van der Waals surface area contributed by atoms with Crippen LogP contribution in [-0.2, 0) is 38.5 Å². The van der Waals surface area contributed by atoms with Crippen molar-refractivity contribution in [3.8, 4) is 0 Å². The van der Waals surface area contributed by atoms with Crippen molar-refractivity contribution in [2.75, 3.05) is 14.7 Å². The average Bonchev–Trinajstić information content (AvgIpc) is 3.61. The molecule has 7 rings (SSSR count). The van der Waals surface area contributed by atoms with Crippen LogP contribution >= 0.6 is 0 Å². The topological polar surface area (TPSA) is 100.0 Å². The van der Waals surface area contributed by atoms with Crippen LogP contribution < -0.4 is 14.7 Å². The highest BCUT2D eigenvalue weighted by Gasteiger charge is 2.27. The Balaban J connectivity index is 1.54. The maximum Gasteiger partial charge on any atom is 0.144 e. The standard InChI is InChI=1S/C71H98N10/c1-51(2)19-13-25-57-31-37-72-64(43-57)79(65-44-58(32-38-73-65)26-14-20-52(3)4)63-49-70(80(66-45-59(33-39-74-66)27-15-21-53(5)6)67-46-60(34-40-75-67)28-16-22-54(7)8)78-71(50-63)81(68-47-61(35-41-76-68)29-17-23-55(9)10)69-48-62(36-42-77-69)30-18-24-56(11)12/h31-56H,13-30H2,1-12H3. The van der Waals surface area contributed by atoms with Crippen LogP contribution in [-0.4, -0.2) is 34.9 Å². The minimum atomic E-state index is 0.623. The Labute approximate surface area is 489 Å². The summed E-state index contributed by atoms with van der Waals surface area (Å²) < 4.78 is 0. The Hall–Kier alpha value is -6.55. The third kappa shape index (κ3) is 19.8. The summed E-state index contributed by atoms with van der Waals surface area (Å²) >= 11 is 0. The van der Waals surface area contributed by atoms with Crippen LogP contribution in [0.15, 0.2) is 122 Å². The average molecular weight is 1090 g/mol. The maximum absolute atomic E-state index is 5.84. The highest BCUT2D eigenvalue weighted by Crippen LogP contribution is 2.43. The SMILES string of the molecule is CC(C)CCCc1ccnc(N(c2cc(N(c3cc(CCCC(C)C)ccn3)c3cc(CCCC(C)C)ccn3)nc(N(c3cc(CCCC(C)C)ccn3)c3cc(CCCC(C)C)ccn3)c2)c2cc(CCCC(C)C)ccn2)c1. The summed E-state index contributed by atoms with van der Waals surface area (Å²) in [5.74, 6) is 9.64. The van der Waals surface area contributed by atoms with E-state index >= 15 is 0 Å². The fraction of sp³-hybridized carbons (Fsp3) is 0.507. The Morgan fingerprint density at radius 3 is 0.654 bits per heavy atom. The van der Waals surface area contributed by atoms with Gasteiger partial charge in [-0.15, -0.1) is 0 Å². The lowest BCUT2D eigenvalue weighted by Crippen LogP contribution is -2.21. The molecule has 0 atom stereocenters. The summed E-state index contributed by atoms with van der Waals surface area (Å²) in [6.07, 6.45) is 30.9. The molecule has 7 heterocycles. The number of anilines is 9. The molecular weight excluding hydrogens is 993 g/mol. The van der Waals surface area contributed by atoms with Crippen molar-refractivity contribution < 1.29 is 0 Å². The van der Waals surface area contributed by atoms with E-state index in [-0.39, 0.29) is 0 Å². The number of hydrogen-bond donors (Lipinski definition) is 0. The molecule has 10 heteroatoms. The zero-order chi connectivity index (χ0) is 57.7. The molecule has 81 heavy (non-hydrogen) atoms. The normalized spacial score (nSPS) is 11.8. The molecule has 7 aromatic rings. The molecule has 0 aliphatic heterocycles. The van der Waals surface area contributed by atoms with E-state index in [4.69, 9.17) is 34.9 Å². The highest BCUT2D eigenvalue weighted by molar-refractivity contribution is 5.83. The van der Waals surface area contributed by atoms with Crippen molar-refractivity contribution in [3.63, 3.8) is 0 Å². The van der Waals surface area contributed by atoms with Crippen LogP contribution in [0.1, 0.15) is 194 Å². The van der Waals surface area contributed by atoms with Crippen molar-refractivity contribution in [2.24, 2.45) is 35.5 Å². The Bertz CT molecular complexity index is 2480. The van der Waals surface area contributed by atoms with E-state index in [1.165, 1.54) is 33.4 Å². The van der Waals surface area contributed by atoms with Gasteiger partial charge in [0.05, 0.1) is 5.69 Å². The first-order valence-corrected chi connectivity index (χ1v) is 31.2. The third-order valence-electron chi connectivity index (χ3n) is 15.2. The van der Waals surface area contributed by atoms with Crippen LogP contribution in [0.2, 0.25) is 0 Å². The quantitative estimate of drug-likeness (QED) is 0.0395. The van der Waals surface area contributed by atoms with E-state index in [2.05, 4.69) is 183 Å². The van der Waals surface area contributed by atoms with E-state index in [0.717, 1.165) is 156 Å². The van der Waals surface area contributed by atoms with Crippen molar-refractivity contribution in [1.82, 2.24) is 34.9 Å². The van der Waals surface area contributed by atoms with Crippen molar-refractivity contribution in [1.29, 1.82) is 0 Å². The molecule has 0 fully saturated rings. The summed E-state index contributed by atoms with van der Waals surface area (Å²) in [5, 5.41) is 0. The van der Waals surface area contributed by atoms with Gasteiger partial charge in [0, 0.05) is 49.3 Å². The minimum absolute atomic E-state index is 0.623. The third-order valence-corrected chi connectivity index (χ3v) is 15.2. The van der Waals surface area contributed by atoms with Gasteiger partial charge in [-0.1, -0.05) is 122 Å². The molecule has 0 N–H and O–H groups in total. The van der Waals surface area contributed by atoms with E-state index in [1.807, 2.05) is 37.2 Å². The summed E-state index contributed by atoms with van der Waals surface area (Å²) in [6, 6.07) is 30.9. The number of aryl methyl sites for hydroxylation is 6. The second kappa shape index (κ2) is 31.6. The largest absolute Gasteiger partial charge is 0.279 e. The van der Waals surface area contributed by atoms with Gasteiger partial charge in [-0.3, -0.25) is 14.7 Å². The van der Waals surface area contributed by atoms with E-state index in [0.29, 0.717) is 47.1 Å². The van der Waals surface area contributed by atoms with Gasteiger partial charge in [0.15, 0.2) is 0 Å². The van der Waals surface area contributed by atoms with Crippen molar-refractivity contribution in [3.05, 3.63) is 155 Å². The van der Waals surface area contributed by atoms with Gasteiger partial charge in [0.1, 0.15) is 46.5 Å². The molecule has 432 valence electrons. The van der Waals surface area contributed by atoms with Gasteiger partial charge >= 0.3 is 0 Å². The van der Waals surface area contributed by atoms with E-state index in [1.54, 1.807) is 0 Å². The zero-order valence-corrected chi connectivity index (χ0v) is 51.7. The Morgan fingerprint density at radius 1 is 0.259 bits per heavy atom. The number of aromatic nitrogens is 7. The number of rotatable bonds is 33. The Kier molecular flexibility index (Phi) is 24.2. The first kappa shape index (κ1) is 62.1. The van der Waals surface area contributed by atoms with Gasteiger partial charge in [0.2, 0.25) is 0 Å². The predicted molar refractivity (Wildman–Crippen MR) is 342 cm³/mol. The second-order valence-electron chi connectivity index (χ2n) is 25.4. The summed E-state index contributed by atoms with van der Waals surface area (Å²) in [4.78, 5) is 43.7. The molecule has 0 aromatic carbocycles. The number of nitrogens with zero attached hydrogens (tertiary/aromatic N) is 10. The molecule has 0 spiro atoms. The predicted octanol–water partition coefficient (Wildman–Crippen LogP) is 19.7. The lowest BCUT2D eigenvalue weighted by molar-refractivity contribution is 0.555. The Morgan fingerprint density at radius 2 is 0.457 bits per heavy atom. The molecule has 0 aliphatic rings. The van der Waals surface area contributed by atoms with Crippen LogP contribution in [0.3, 0.4) is 0 Å². The van der Waals surface area contributed by atoms with Gasteiger partial charge in [-0.25, -0.2) is 34.9 Å². The molecule has 7 aromatic heterocycles. The molecule has 0 bridgehead atoms. The fourth-order valence-corrected chi connectivity index (χ4v) is 10.6. The van der Waals surface area contributed by atoms with Gasteiger partial charge < -0.3 is 0 Å². The van der Waals surface area contributed by atoms with Gasteiger partial charge in [-0.05, 0) is 219 Å². The highest BCUT2D eigenvalue weighted by atomic mass is 15.3. The lowest BCUT2D eigenvalue weighted by Gasteiger charge is -2.30. The molecular formula is C71H98N10. The van der Waals surface area contributed by atoms with Crippen molar-refractivity contribution >= 4 is 52.2 Å². The molecule has 0 unspecified atom stereocenters. The first-order chi connectivity index (χ1) is 39.1. The monoisotopic (exact) mass is 1090 g/mol. The summed E-state index contributed by atoms with van der Waals surface area (Å²) in [6.45, 7) is 27.6. The van der Waals surface area contributed by atoms with Crippen LogP contribution in [0, 0.1) is 35.5 Å². The summed E-state index contributed by atoms with van der Waals surface area (Å²) in [5.41, 5.74) is 8.24. The molecule has 0 aliphatic carbocycles. The van der Waals surface area contributed by atoms with E-state index < -0.39 is 0 Å². The molecule has 0 amide bonds. The number of pyridine rings is 7. The fourth-order valence-electron chi connectivity index (χ4n) is 10.6. The van der Waals surface area contributed by atoms with E-state index in [9.17, 15) is 0 Å². The maximum atomic E-state index is 5.84. The first-order valence-electron chi connectivity index (χ1n) is 31.2. The molecule has 0 saturated heterocycles. The molecule has 10 nitrogen and oxygen atoms in total. The minimum Gasteiger partial charge on any atom is -0.279 e. The summed E-state index contributed by atoms with van der Waals surface area (Å²) in [7, 11) is 0. The van der Waals surface area contributed by atoms with Gasteiger partial charge in [-0.2, -0.15) is 0 Å². The molecule has 0 saturated carbocycles.